The van der Waals surface area contributed by atoms with E-state index < -0.39 is 10.0 Å². The summed E-state index contributed by atoms with van der Waals surface area (Å²) >= 11 is 0. The van der Waals surface area contributed by atoms with Crippen molar-refractivity contribution in [1.29, 1.82) is 0 Å². The predicted octanol–water partition coefficient (Wildman–Crippen LogP) is 3.72. The van der Waals surface area contributed by atoms with Gasteiger partial charge in [-0.15, -0.1) is 24.0 Å². The number of hydrogen-bond donors (Lipinski definition) is 2. The van der Waals surface area contributed by atoms with Crippen LogP contribution < -0.4 is 10.6 Å². The minimum Gasteiger partial charge on any atom is -0.357 e. The van der Waals surface area contributed by atoms with E-state index in [1.165, 1.54) is 25.7 Å². The molecule has 0 radical (unpaired) electrons. The number of benzene rings is 1. The maximum atomic E-state index is 12.9. The third-order valence-corrected chi connectivity index (χ3v) is 7.52. The highest BCUT2D eigenvalue weighted by atomic mass is 127. The molecule has 1 aliphatic carbocycles. The summed E-state index contributed by atoms with van der Waals surface area (Å²) in [7, 11) is -3.39. The molecule has 1 aliphatic heterocycles. The largest absolute Gasteiger partial charge is 0.357 e. The van der Waals surface area contributed by atoms with Gasteiger partial charge >= 0.3 is 0 Å². The second kappa shape index (κ2) is 11.5. The molecule has 1 heterocycles. The van der Waals surface area contributed by atoms with Gasteiger partial charge in [-0.1, -0.05) is 31.9 Å². The minimum absolute atomic E-state index is 0. The Balaban J connectivity index is 0.00000300. The predicted molar refractivity (Wildman–Crippen MR) is 129 cm³/mol. The first-order valence-electron chi connectivity index (χ1n) is 10.6. The molecule has 3 rings (SSSR count). The van der Waals surface area contributed by atoms with Crippen LogP contribution in [0.4, 0.5) is 0 Å². The third-order valence-electron chi connectivity index (χ3n) is 5.64. The van der Waals surface area contributed by atoms with Crippen LogP contribution in [0.25, 0.3) is 0 Å². The second-order valence-electron chi connectivity index (χ2n) is 8.08. The molecule has 1 aromatic rings. The van der Waals surface area contributed by atoms with Crippen LogP contribution in [0.3, 0.4) is 0 Å². The quantitative estimate of drug-likeness (QED) is 0.332. The summed E-state index contributed by atoms with van der Waals surface area (Å²) in [6.07, 6.45) is 7.00. The maximum absolute atomic E-state index is 12.9. The molecule has 1 aromatic carbocycles. The molecule has 1 unspecified atom stereocenters. The van der Waals surface area contributed by atoms with Crippen molar-refractivity contribution in [2.24, 2.45) is 10.9 Å². The number of guanidine groups is 1. The fourth-order valence-electron chi connectivity index (χ4n) is 4.03. The van der Waals surface area contributed by atoms with Gasteiger partial charge in [-0.25, -0.2) is 13.4 Å². The molecule has 2 N–H and O–H groups in total. The molecule has 6 nitrogen and oxygen atoms in total. The molecule has 0 bridgehead atoms. The zero-order chi connectivity index (χ0) is 20.0. The van der Waals surface area contributed by atoms with Crippen LogP contribution in [0.15, 0.2) is 34.2 Å². The molecule has 1 atom stereocenters. The molecule has 2 fully saturated rings. The van der Waals surface area contributed by atoms with E-state index >= 15 is 0 Å². The minimum atomic E-state index is -3.39. The zero-order valence-electron chi connectivity index (χ0n) is 17.6. The van der Waals surface area contributed by atoms with Gasteiger partial charge in [-0.3, -0.25) is 0 Å². The van der Waals surface area contributed by atoms with Crippen LogP contribution in [0.2, 0.25) is 0 Å². The third kappa shape index (κ3) is 6.82. The number of aliphatic imine (C=N–C) groups is 1. The van der Waals surface area contributed by atoms with Crippen LogP contribution in [-0.4, -0.2) is 44.4 Å². The molecule has 0 spiro atoms. The van der Waals surface area contributed by atoms with Crippen LogP contribution >= 0.6 is 24.0 Å². The monoisotopic (exact) mass is 534 g/mol. The van der Waals surface area contributed by atoms with Crippen molar-refractivity contribution in [3.05, 3.63) is 29.8 Å². The van der Waals surface area contributed by atoms with Gasteiger partial charge < -0.3 is 10.6 Å². The van der Waals surface area contributed by atoms with E-state index in [2.05, 4.69) is 29.5 Å². The number of rotatable bonds is 6. The van der Waals surface area contributed by atoms with E-state index in [1.54, 1.807) is 16.4 Å². The van der Waals surface area contributed by atoms with Gasteiger partial charge in [0.15, 0.2) is 5.96 Å². The number of nitrogens with one attached hydrogen (secondary N) is 2. The van der Waals surface area contributed by atoms with Crippen molar-refractivity contribution in [2.45, 2.75) is 69.9 Å². The first-order valence-corrected chi connectivity index (χ1v) is 12.1. The average Bonchev–Trinajstić information content (AvgIpc) is 3.20. The van der Waals surface area contributed by atoms with E-state index in [0.717, 1.165) is 30.9 Å². The average molecular weight is 535 g/mol. The van der Waals surface area contributed by atoms with Gasteiger partial charge in [-0.05, 0) is 56.2 Å². The summed E-state index contributed by atoms with van der Waals surface area (Å²) in [5.41, 5.74) is 1.01. The van der Waals surface area contributed by atoms with E-state index in [1.807, 2.05) is 12.1 Å². The maximum Gasteiger partial charge on any atom is 0.243 e. The van der Waals surface area contributed by atoms with Crippen molar-refractivity contribution in [2.75, 3.05) is 19.6 Å². The Kier molecular flexibility index (Phi) is 9.68. The van der Waals surface area contributed by atoms with E-state index in [4.69, 9.17) is 0 Å². The summed E-state index contributed by atoms with van der Waals surface area (Å²) in [4.78, 5) is 5.05. The fourth-order valence-corrected chi connectivity index (χ4v) is 5.63. The molecule has 29 heavy (non-hydrogen) atoms. The SMILES string of the molecule is CCNC(=NCc1ccc(S(=O)(=O)N2CCCC(C)C2)cc1)NC1CCCC1.I. The second-order valence-corrected chi connectivity index (χ2v) is 10.0. The highest BCUT2D eigenvalue weighted by molar-refractivity contribution is 14.0. The lowest BCUT2D eigenvalue weighted by atomic mass is 10.0. The van der Waals surface area contributed by atoms with Crippen molar-refractivity contribution >= 4 is 40.0 Å². The van der Waals surface area contributed by atoms with Gasteiger partial charge in [0, 0.05) is 25.7 Å². The Morgan fingerprint density at radius 1 is 1.14 bits per heavy atom. The molecule has 2 aliphatic rings. The number of sulfonamides is 1. The van der Waals surface area contributed by atoms with Gasteiger partial charge in [0.25, 0.3) is 0 Å². The lowest BCUT2D eigenvalue weighted by molar-refractivity contribution is 0.281. The first kappa shape index (κ1) is 24.4. The van der Waals surface area contributed by atoms with Gasteiger partial charge in [0.2, 0.25) is 10.0 Å². The Morgan fingerprint density at radius 3 is 2.45 bits per heavy atom. The van der Waals surface area contributed by atoms with Gasteiger partial charge in [-0.2, -0.15) is 4.31 Å². The molecular formula is C21H35IN4O2S. The summed E-state index contributed by atoms with van der Waals surface area (Å²) in [5.74, 6) is 1.27. The summed E-state index contributed by atoms with van der Waals surface area (Å²) in [5, 5.41) is 6.81. The number of hydrogen-bond acceptors (Lipinski definition) is 3. The number of piperidine rings is 1. The standard InChI is InChI=1S/C21H34N4O2S.HI/c1-3-22-21(24-19-8-4-5-9-19)23-15-18-10-12-20(13-11-18)28(26,27)25-14-6-7-17(2)16-25;/h10-13,17,19H,3-9,14-16H2,1-2H3,(H2,22,23,24);1H. The lowest BCUT2D eigenvalue weighted by Crippen LogP contribution is -2.42. The van der Waals surface area contributed by atoms with Crippen LogP contribution in [-0.2, 0) is 16.6 Å². The topological polar surface area (TPSA) is 73.8 Å². The highest BCUT2D eigenvalue weighted by Crippen LogP contribution is 2.23. The summed E-state index contributed by atoms with van der Waals surface area (Å²) in [6, 6.07) is 7.71. The zero-order valence-corrected chi connectivity index (χ0v) is 20.7. The smallest absolute Gasteiger partial charge is 0.243 e. The molecule has 164 valence electrons. The number of halogens is 1. The van der Waals surface area contributed by atoms with Crippen molar-refractivity contribution in [1.82, 2.24) is 14.9 Å². The lowest BCUT2D eigenvalue weighted by Gasteiger charge is -2.30. The van der Waals surface area contributed by atoms with Crippen molar-refractivity contribution < 1.29 is 8.42 Å². The number of nitrogens with zero attached hydrogens (tertiary/aromatic N) is 2. The van der Waals surface area contributed by atoms with Gasteiger partial charge in [0.05, 0.1) is 11.4 Å². The van der Waals surface area contributed by atoms with Crippen LogP contribution in [0.1, 0.15) is 57.9 Å². The normalized spacial score (nSPS) is 21.6. The summed E-state index contributed by atoms with van der Waals surface area (Å²) < 4.78 is 27.4. The molecule has 0 aromatic heterocycles. The molecule has 0 amide bonds. The molecule has 1 saturated heterocycles. The van der Waals surface area contributed by atoms with Crippen molar-refractivity contribution in [3.63, 3.8) is 0 Å². The first-order chi connectivity index (χ1) is 13.5. The van der Waals surface area contributed by atoms with Gasteiger partial charge in [0.1, 0.15) is 0 Å². The highest BCUT2D eigenvalue weighted by Gasteiger charge is 2.28. The van der Waals surface area contributed by atoms with Crippen molar-refractivity contribution in [3.8, 4) is 0 Å². The Morgan fingerprint density at radius 2 is 1.83 bits per heavy atom. The van der Waals surface area contributed by atoms with Crippen LogP contribution in [0, 0.1) is 5.92 Å². The fraction of sp³-hybridized carbons (Fsp3) is 0.667. The Bertz CT molecular complexity index is 761. The molecule has 1 saturated carbocycles. The Labute approximate surface area is 193 Å². The summed E-state index contributed by atoms with van der Waals surface area (Å²) in [6.45, 7) is 6.77. The van der Waals surface area contributed by atoms with E-state index in [-0.39, 0.29) is 24.0 Å². The molecule has 8 heteroatoms. The van der Waals surface area contributed by atoms with E-state index in [9.17, 15) is 8.42 Å². The Hall–Kier alpha value is -0.870. The van der Waals surface area contributed by atoms with Crippen LogP contribution in [0.5, 0.6) is 0 Å². The molecular weight excluding hydrogens is 499 g/mol. The van der Waals surface area contributed by atoms with E-state index in [0.29, 0.717) is 36.5 Å².